The highest BCUT2D eigenvalue weighted by Crippen LogP contribution is 2.29. The van der Waals surface area contributed by atoms with Crippen LogP contribution in [0.3, 0.4) is 0 Å². The highest BCUT2D eigenvalue weighted by atomic mass is 32.1. The van der Waals surface area contributed by atoms with Gasteiger partial charge in [0.25, 0.3) is 0 Å². The van der Waals surface area contributed by atoms with Gasteiger partial charge >= 0.3 is 6.03 Å². The number of hydrogen-bond donors (Lipinski definition) is 4. The summed E-state index contributed by atoms with van der Waals surface area (Å²) in [5, 5.41) is 19.4. The number of nitrogens with two attached hydrogens (primary N) is 2. The van der Waals surface area contributed by atoms with E-state index in [1.807, 2.05) is 36.9 Å². The van der Waals surface area contributed by atoms with Crippen LogP contribution in [0.4, 0.5) is 9.18 Å². The second-order valence-corrected chi connectivity index (χ2v) is 11.2. The molecule has 0 atom stereocenters. The van der Waals surface area contributed by atoms with E-state index in [2.05, 4.69) is 40.8 Å². The molecule has 2 amide bonds. The number of pyridine rings is 2. The Bertz CT molecular complexity index is 2410. The summed E-state index contributed by atoms with van der Waals surface area (Å²) in [5.41, 5.74) is 19.1. The summed E-state index contributed by atoms with van der Waals surface area (Å²) in [6.45, 7) is 0. The quantitative estimate of drug-likeness (QED) is 0.115. The molecule has 0 fully saturated rings. The van der Waals surface area contributed by atoms with Crippen molar-refractivity contribution < 1.29 is 9.18 Å². The third-order valence-electron chi connectivity index (χ3n) is 7.47. The van der Waals surface area contributed by atoms with E-state index in [0.717, 1.165) is 44.5 Å². The summed E-state index contributed by atoms with van der Waals surface area (Å²) in [7, 11) is 5.45. The van der Waals surface area contributed by atoms with Crippen molar-refractivity contribution in [3.05, 3.63) is 90.7 Å². The molecule has 246 valence electrons. The van der Waals surface area contributed by atoms with Crippen molar-refractivity contribution in [2.75, 3.05) is 7.05 Å². The van der Waals surface area contributed by atoms with Gasteiger partial charge < -0.3 is 20.6 Å². The van der Waals surface area contributed by atoms with E-state index >= 15 is 0 Å². The number of H-pyrrole nitrogens is 1. The zero-order valence-electron chi connectivity index (χ0n) is 26.4. The number of aryl methyl sites for hydroxylation is 2. The average Bonchev–Trinajstić information content (AvgIpc) is 3.84. The van der Waals surface area contributed by atoms with E-state index < -0.39 is 11.8 Å². The number of carbonyl (C=O) groups is 1. The summed E-state index contributed by atoms with van der Waals surface area (Å²) in [5.74, 6) is -0.441. The molecule has 5 aromatic heterocycles. The van der Waals surface area contributed by atoms with Crippen molar-refractivity contribution in [3.8, 4) is 22.8 Å². The van der Waals surface area contributed by atoms with Crippen molar-refractivity contribution in [2.45, 2.75) is 0 Å². The Morgan fingerprint density at radius 2 is 1.67 bits per heavy atom. The fourth-order valence-electron chi connectivity index (χ4n) is 5.06. The maximum absolute atomic E-state index is 14.1. The highest BCUT2D eigenvalue weighted by Gasteiger charge is 2.14. The molecule has 0 radical (unpaired) electrons. The third kappa shape index (κ3) is 6.77. The standard InChI is InChI=1S/C17H16N8S.C15H13FN6O/c1-24-9-19-8-14(24)13-5-11(7-21-25(2)17(18)26)15-12(22-13)4-3-10-6-20-23-16(10)15;1-22-8-18-7-13(22)12-5-9(6-19-21-15(17)23)10-3-2-4-11(16)14(10)20-12/h3-9H,1-2H3,(H2,18,26)(H,20,23);2-8H,1H3,(H3,17,21,23)/b21-7+;19-6+. The maximum Gasteiger partial charge on any atom is 0.332 e. The normalized spacial score (nSPS) is 11.4. The van der Waals surface area contributed by atoms with E-state index in [4.69, 9.17) is 28.7 Å². The summed E-state index contributed by atoms with van der Waals surface area (Å²) < 4.78 is 17.8. The third-order valence-corrected chi connectivity index (χ3v) is 7.73. The van der Waals surface area contributed by atoms with Gasteiger partial charge in [0.15, 0.2) is 5.11 Å². The highest BCUT2D eigenvalue weighted by molar-refractivity contribution is 7.80. The van der Waals surface area contributed by atoms with Gasteiger partial charge in [0.1, 0.15) is 11.3 Å². The number of fused-ring (bicyclic) bond motifs is 4. The Kier molecular flexibility index (Phi) is 8.99. The van der Waals surface area contributed by atoms with E-state index in [0.29, 0.717) is 16.6 Å². The Balaban J connectivity index is 0.000000171. The lowest BCUT2D eigenvalue weighted by Gasteiger charge is -2.11. The molecule has 0 bridgehead atoms. The van der Waals surface area contributed by atoms with Crippen LogP contribution in [-0.2, 0) is 14.1 Å². The molecule has 0 spiro atoms. The summed E-state index contributed by atoms with van der Waals surface area (Å²) in [6, 6.07) is 11.5. The molecule has 49 heavy (non-hydrogen) atoms. The number of amides is 2. The van der Waals surface area contributed by atoms with Crippen molar-refractivity contribution >= 4 is 68.5 Å². The molecule has 17 heteroatoms. The molecule has 0 saturated carbocycles. The molecule has 0 saturated heterocycles. The first-order valence-corrected chi connectivity index (χ1v) is 15.0. The summed E-state index contributed by atoms with van der Waals surface area (Å²) >= 11 is 4.95. The van der Waals surface area contributed by atoms with Gasteiger partial charge in [-0.25, -0.2) is 39.6 Å². The number of halogens is 1. The number of carbonyl (C=O) groups excluding carboxylic acids is 1. The number of hydrogen-bond acceptors (Lipinski definition) is 9. The van der Waals surface area contributed by atoms with Crippen LogP contribution < -0.4 is 16.9 Å². The molecule has 0 aliphatic carbocycles. The maximum atomic E-state index is 14.1. The van der Waals surface area contributed by atoms with Gasteiger partial charge in [-0.1, -0.05) is 12.1 Å². The van der Waals surface area contributed by atoms with E-state index in [1.54, 1.807) is 67.3 Å². The minimum absolute atomic E-state index is 0.193. The number of primary amides is 1. The van der Waals surface area contributed by atoms with Gasteiger partial charge in [-0.05, 0) is 42.5 Å². The van der Waals surface area contributed by atoms with Gasteiger partial charge in [0, 0.05) is 48.4 Å². The molecular formula is C32H29FN14OS. The number of para-hydroxylation sites is 1. The van der Waals surface area contributed by atoms with E-state index in [1.165, 1.54) is 17.3 Å². The molecule has 0 unspecified atom stereocenters. The lowest BCUT2D eigenvalue weighted by atomic mass is 10.0. The van der Waals surface area contributed by atoms with Gasteiger partial charge in [-0.3, -0.25) is 5.10 Å². The lowest BCUT2D eigenvalue weighted by Crippen LogP contribution is -2.27. The van der Waals surface area contributed by atoms with Crippen LogP contribution >= 0.6 is 12.2 Å². The number of aromatic nitrogens is 8. The topological polar surface area (TPSA) is 199 Å². The van der Waals surface area contributed by atoms with E-state index in [-0.39, 0.29) is 10.6 Å². The van der Waals surface area contributed by atoms with Crippen molar-refractivity contribution in [1.82, 2.24) is 49.7 Å². The van der Waals surface area contributed by atoms with Crippen LogP contribution in [0, 0.1) is 5.82 Å². The van der Waals surface area contributed by atoms with Crippen molar-refractivity contribution in [1.29, 1.82) is 0 Å². The van der Waals surface area contributed by atoms with Crippen LogP contribution in [0.5, 0.6) is 0 Å². The number of thiocarbonyl (C=S) groups is 1. The number of hydrazone groups is 2. The summed E-state index contributed by atoms with van der Waals surface area (Å²) in [4.78, 5) is 28.1. The first kappa shape index (κ1) is 32.3. The summed E-state index contributed by atoms with van der Waals surface area (Å²) in [6.07, 6.45) is 11.7. The van der Waals surface area contributed by atoms with Crippen LogP contribution in [-0.4, -0.2) is 74.9 Å². The molecule has 2 aromatic carbocycles. The minimum atomic E-state index is -0.780. The van der Waals surface area contributed by atoms with Gasteiger partial charge in [0.2, 0.25) is 0 Å². The molecule has 0 aliphatic rings. The number of nitrogens with one attached hydrogen (secondary N) is 2. The smallest absolute Gasteiger partial charge is 0.332 e. The predicted molar refractivity (Wildman–Crippen MR) is 190 cm³/mol. The average molecular weight is 677 g/mol. The van der Waals surface area contributed by atoms with Crippen molar-refractivity contribution in [3.63, 3.8) is 0 Å². The second-order valence-electron chi connectivity index (χ2n) is 10.7. The first-order valence-electron chi connectivity index (χ1n) is 14.6. The number of urea groups is 1. The fraction of sp³-hybridized carbons (Fsp3) is 0.0938. The van der Waals surface area contributed by atoms with Crippen LogP contribution in [0.2, 0.25) is 0 Å². The molecule has 7 aromatic rings. The first-order chi connectivity index (χ1) is 23.6. The van der Waals surface area contributed by atoms with Gasteiger partial charge in [-0.2, -0.15) is 15.3 Å². The van der Waals surface area contributed by atoms with E-state index in [9.17, 15) is 9.18 Å². The fourth-order valence-corrected chi connectivity index (χ4v) is 5.11. The van der Waals surface area contributed by atoms with Crippen molar-refractivity contribution in [2.24, 2.45) is 35.8 Å². The Labute approximate surface area is 283 Å². The minimum Gasteiger partial charge on any atom is -0.375 e. The zero-order chi connectivity index (χ0) is 34.7. The lowest BCUT2D eigenvalue weighted by molar-refractivity contribution is 0.249. The molecule has 6 N–H and O–H groups in total. The van der Waals surface area contributed by atoms with Gasteiger partial charge in [0.05, 0.1) is 77.5 Å². The Hall–Kier alpha value is -6.62. The molecule has 7 rings (SSSR count). The van der Waals surface area contributed by atoms with Crippen LogP contribution in [0.25, 0.3) is 55.5 Å². The monoisotopic (exact) mass is 676 g/mol. The number of imidazole rings is 2. The Morgan fingerprint density at radius 3 is 2.33 bits per heavy atom. The SMILES string of the molecule is CN(/N=C/c1cc(-c2cncn2C)nc2ccc3cn[nH]c3c12)C(N)=S.Cn1cncc1-c1cc(/C=N/NC(N)=O)c2cccc(F)c2n1. The van der Waals surface area contributed by atoms with Crippen LogP contribution in [0.1, 0.15) is 11.1 Å². The Morgan fingerprint density at radius 1 is 0.980 bits per heavy atom. The van der Waals surface area contributed by atoms with Gasteiger partial charge in [-0.15, -0.1) is 0 Å². The molecule has 0 aliphatic heterocycles. The number of benzene rings is 2. The number of nitrogens with zero attached hydrogens (tertiary/aromatic N) is 10. The zero-order valence-corrected chi connectivity index (χ0v) is 27.2. The number of aromatic amines is 1. The number of rotatable bonds is 6. The largest absolute Gasteiger partial charge is 0.375 e. The van der Waals surface area contributed by atoms with Crippen LogP contribution in [0.15, 0.2) is 83.9 Å². The molecule has 15 nitrogen and oxygen atoms in total. The predicted octanol–water partition coefficient (Wildman–Crippen LogP) is 3.80. The molecular weight excluding hydrogens is 648 g/mol. The molecule has 5 heterocycles. The second kappa shape index (κ2) is 13.6.